The zero-order chi connectivity index (χ0) is 7.98. The summed E-state index contributed by atoms with van der Waals surface area (Å²) in [7, 11) is 0. The van der Waals surface area contributed by atoms with Gasteiger partial charge in [-0.1, -0.05) is 6.26 Å². The summed E-state index contributed by atoms with van der Waals surface area (Å²) >= 11 is 0. The molecule has 0 saturated carbocycles. The number of hydrogen-bond donors (Lipinski definition) is 0. The van der Waals surface area contributed by atoms with Gasteiger partial charge in [-0.15, -0.1) is 0 Å². The normalized spacial score (nSPS) is 7.82. The van der Waals surface area contributed by atoms with Gasteiger partial charge in [0, 0.05) is 13.1 Å². The molecule has 0 aliphatic heterocycles. The predicted octanol–water partition coefficient (Wildman–Crippen LogP) is -1.58. The van der Waals surface area contributed by atoms with E-state index in [1.807, 2.05) is 13.8 Å². The number of hydrogen-bond acceptors (Lipinski definition) is 2. The summed E-state index contributed by atoms with van der Waals surface area (Å²) in [6, 6.07) is 0. The topological polar surface area (TPSA) is 29.5 Å². The molecule has 0 spiro atoms. The quantitative estimate of drug-likeness (QED) is 0.275. The van der Waals surface area contributed by atoms with Gasteiger partial charge in [0.05, 0.1) is 0 Å². The molecule has 0 atom stereocenters. The largest absolute Gasteiger partial charge is 1.00 e. The molecule has 0 aliphatic rings. The van der Waals surface area contributed by atoms with E-state index in [2.05, 4.69) is 17.6 Å². The van der Waals surface area contributed by atoms with Gasteiger partial charge in [0.1, 0.15) is 0 Å². The number of amides is 1. The van der Waals surface area contributed by atoms with Crippen LogP contribution in [0.3, 0.4) is 0 Å². The van der Waals surface area contributed by atoms with E-state index >= 15 is 0 Å². The first-order chi connectivity index (χ1) is 4.76. The number of ether oxygens (including phenoxy) is 1. The number of rotatable bonds is 3. The summed E-state index contributed by atoms with van der Waals surface area (Å²) in [6.45, 7) is 8.22. The van der Waals surface area contributed by atoms with Crippen LogP contribution in [-0.2, 0) is 4.74 Å². The van der Waals surface area contributed by atoms with E-state index in [9.17, 15) is 4.79 Å². The zero-order valence-electron chi connectivity index (χ0n) is 7.39. The average molecular weight is 149 g/mol. The van der Waals surface area contributed by atoms with Crippen molar-refractivity contribution in [3.8, 4) is 0 Å². The van der Waals surface area contributed by atoms with Gasteiger partial charge in [0.2, 0.25) is 6.09 Å². The minimum absolute atomic E-state index is 0. The smallest absolute Gasteiger partial charge is 0.603 e. The van der Waals surface area contributed by atoms with Gasteiger partial charge >= 0.3 is 18.9 Å². The van der Waals surface area contributed by atoms with Crippen molar-refractivity contribution in [2.24, 2.45) is 0 Å². The molecule has 0 aromatic carbocycles. The van der Waals surface area contributed by atoms with E-state index in [0.29, 0.717) is 13.1 Å². The van der Waals surface area contributed by atoms with Crippen molar-refractivity contribution >= 4 is 6.09 Å². The van der Waals surface area contributed by atoms with Crippen molar-refractivity contribution < 1.29 is 28.4 Å². The van der Waals surface area contributed by atoms with Crippen molar-refractivity contribution in [2.75, 3.05) is 13.1 Å². The van der Waals surface area contributed by atoms with Gasteiger partial charge in [-0.2, -0.15) is 6.58 Å². The molecule has 11 heavy (non-hydrogen) atoms. The SMILES string of the molecule is C=[C-]OC(=O)N(CC)CC.[Li+]. The first-order valence-electron chi connectivity index (χ1n) is 3.24. The van der Waals surface area contributed by atoms with Crippen LogP contribution in [0.5, 0.6) is 0 Å². The molecule has 3 nitrogen and oxygen atoms in total. The van der Waals surface area contributed by atoms with Crippen LogP contribution in [0.4, 0.5) is 4.79 Å². The fourth-order valence-corrected chi connectivity index (χ4v) is 0.608. The van der Waals surface area contributed by atoms with E-state index in [0.717, 1.165) is 0 Å². The van der Waals surface area contributed by atoms with E-state index in [1.165, 1.54) is 4.90 Å². The van der Waals surface area contributed by atoms with E-state index in [4.69, 9.17) is 0 Å². The molecule has 1 amide bonds. The Morgan fingerprint density at radius 3 is 2.27 bits per heavy atom. The predicted molar refractivity (Wildman–Crippen MR) is 38.3 cm³/mol. The van der Waals surface area contributed by atoms with Gasteiger partial charge in [-0.05, 0) is 13.8 Å². The average Bonchev–Trinajstić information content (AvgIpc) is 1.91. The van der Waals surface area contributed by atoms with E-state index in [1.54, 1.807) is 0 Å². The second-order valence-electron chi connectivity index (χ2n) is 1.68. The summed E-state index contributed by atoms with van der Waals surface area (Å²) in [5.41, 5.74) is 0. The maximum absolute atomic E-state index is 10.8. The van der Waals surface area contributed by atoms with Gasteiger partial charge < -0.3 is 14.4 Å². The second kappa shape index (κ2) is 7.71. The van der Waals surface area contributed by atoms with Crippen LogP contribution in [0.1, 0.15) is 13.8 Å². The van der Waals surface area contributed by atoms with Crippen molar-refractivity contribution in [1.29, 1.82) is 0 Å². The Labute approximate surface area is 79.6 Å². The molecule has 4 heteroatoms. The Morgan fingerprint density at radius 2 is 2.00 bits per heavy atom. The summed E-state index contributed by atoms with van der Waals surface area (Å²) in [6.07, 6.45) is 1.69. The first-order valence-corrected chi connectivity index (χ1v) is 3.24. The molecule has 58 valence electrons. The molecule has 0 N–H and O–H groups in total. The molecule has 0 aliphatic carbocycles. The summed E-state index contributed by atoms with van der Waals surface area (Å²) in [5.74, 6) is 0. The van der Waals surface area contributed by atoms with Crippen LogP contribution in [0.25, 0.3) is 0 Å². The maximum Gasteiger partial charge on any atom is 1.00 e. The number of carbonyl (C=O) groups excluding carboxylic acids is 1. The Morgan fingerprint density at radius 1 is 1.55 bits per heavy atom. The molecular weight excluding hydrogens is 137 g/mol. The second-order valence-corrected chi connectivity index (χ2v) is 1.68. The third-order valence-corrected chi connectivity index (χ3v) is 1.18. The van der Waals surface area contributed by atoms with Crippen LogP contribution < -0.4 is 18.9 Å². The molecule has 0 saturated heterocycles. The van der Waals surface area contributed by atoms with Crippen molar-refractivity contribution in [3.05, 3.63) is 12.8 Å². The molecule has 0 bridgehead atoms. The van der Waals surface area contributed by atoms with Gasteiger partial charge in [-0.3, -0.25) is 0 Å². The molecule has 0 heterocycles. The summed E-state index contributed by atoms with van der Waals surface area (Å²) in [4.78, 5) is 12.3. The van der Waals surface area contributed by atoms with E-state index in [-0.39, 0.29) is 25.0 Å². The first kappa shape index (κ1) is 13.2. The molecule has 0 aromatic rings. The third kappa shape index (κ3) is 4.94. The fraction of sp³-hybridized carbons (Fsp3) is 0.571. The fourth-order valence-electron chi connectivity index (χ4n) is 0.608. The Bertz CT molecular complexity index is 124. The molecule has 0 rings (SSSR count). The standard InChI is InChI=1S/C7H12NO2.Li/c1-4-8(5-2)7(9)10-6-3;/h3-5H2,1-2H3;/q-1;+1. The van der Waals surface area contributed by atoms with Crippen molar-refractivity contribution in [2.45, 2.75) is 13.8 Å². The Hall–Kier alpha value is -0.393. The van der Waals surface area contributed by atoms with Crippen LogP contribution in [-0.4, -0.2) is 24.1 Å². The minimum atomic E-state index is -0.389. The minimum Gasteiger partial charge on any atom is -0.603 e. The summed E-state index contributed by atoms with van der Waals surface area (Å²) in [5, 5.41) is 0. The van der Waals surface area contributed by atoms with Gasteiger partial charge in [-0.25, -0.2) is 0 Å². The van der Waals surface area contributed by atoms with Crippen LogP contribution in [0.15, 0.2) is 6.58 Å². The third-order valence-electron chi connectivity index (χ3n) is 1.18. The monoisotopic (exact) mass is 149 g/mol. The number of nitrogens with zero attached hydrogens (tertiary/aromatic N) is 1. The summed E-state index contributed by atoms with van der Waals surface area (Å²) < 4.78 is 4.41. The molecule has 0 aromatic heterocycles. The Balaban J connectivity index is 0. The van der Waals surface area contributed by atoms with Crippen LogP contribution in [0, 0.1) is 6.26 Å². The van der Waals surface area contributed by atoms with Crippen molar-refractivity contribution in [1.82, 2.24) is 4.90 Å². The van der Waals surface area contributed by atoms with Gasteiger partial charge in [0.15, 0.2) is 0 Å². The molecule has 0 unspecified atom stereocenters. The molecule has 0 fully saturated rings. The van der Waals surface area contributed by atoms with Crippen molar-refractivity contribution in [3.63, 3.8) is 0 Å². The maximum atomic E-state index is 10.8. The van der Waals surface area contributed by atoms with Crippen LogP contribution in [0.2, 0.25) is 0 Å². The molecular formula is C7H12LiNO2. The van der Waals surface area contributed by atoms with Crippen LogP contribution >= 0.6 is 0 Å². The Kier molecular flexibility index (Phi) is 9.26. The van der Waals surface area contributed by atoms with E-state index < -0.39 is 0 Å². The zero-order valence-corrected chi connectivity index (χ0v) is 7.39. The molecule has 0 radical (unpaired) electrons. The van der Waals surface area contributed by atoms with Gasteiger partial charge in [0.25, 0.3) is 0 Å². The number of carbonyl (C=O) groups is 1.